The van der Waals surface area contributed by atoms with Gasteiger partial charge in [0.15, 0.2) is 0 Å². The Morgan fingerprint density at radius 1 is 1.20 bits per heavy atom. The van der Waals surface area contributed by atoms with E-state index in [-0.39, 0.29) is 5.91 Å². The van der Waals surface area contributed by atoms with Gasteiger partial charge >= 0.3 is 0 Å². The van der Waals surface area contributed by atoms with Gasteiger partial charge in [-0.2, -0.15) is 0 Å². The van der Waals surface area contributed by atoms with Crippen LogP contribution in [0.15, 0.2) is 48.8 Å². The summed E-state index contributed by atoms with van der Waals surface area (Å²) in [6.45, 7) is 0.472. The summed E-state index contributed by atoms with van der Waals surface area (Å²) in [5.41, 5.74) is 9.65. The standard InChI is InChI=1S/C15H14N4O/c16-12-4-1-10(2-5-12)8-17-15(20)11-3-6-13-14(7-11)19-9-18-13/h1-7,9H,8,16H2,(H,17,20)(H,18,19). The van der Waals surface area contributed by atoms with Crippen LogP contribution in [-0.4, -0.2) is 15.9 Å². The van der Waals surface area contributed by atoms with Crippen molar-refractivity contribution in [2.75, 3.05) is 5.73 Å². The minimum Gasteiger partial charge on any atom is -0.399 e. The minimum absolute atomic E-state index is 0.113. The highest BCUT2D eigenvalue weighted by molar-refractivity contribution is 5.97. The Bertz CT molecular complexity index is 746. The first-order valence-corrected chi connectivity index (χ1v) is 6.28. The maximum absolute atomic E-state index is 12.1. The molecule has 0 saturated heterocycles. The summed E-state index contributed by atoms with van der Waals surface area (Å²) in [5.74, 6) is -0.113. The molecule has 0 saturated carbocycles. The van der Waals surface area contributed by atoms with E-state index in [0.29, 0.717) is 17.8 Å². The third kappa shape index (κ3) is 2.47. The molecule has 5 heteroatoms. The molecule has 0 radical (unpaired) electrons. The third-order valence-electron chi connectivity index (χ3n) is 3.12. The first kappa shape index (κ1) is 12.2. The topological polar surface area (TPSA) is 83.8 Å². The van der Waals surface area contributed by atoms with E-state index >= 15 is 0 Å². The highest BCUT2D eigenvalue weighted by Gasteiger charge is 2.07. The van der Waals surface area contributed by atoms with Gasteiger partial charge in [-0.1, -0.05) is 12.1 Å². The van der Waals surface area contributed by atoms with Crippen molar-refractivity contribution < 1.29 is 4.79 Å². The van der Waals surface area contributed by atoms with E-state index in [2.05, 4.69) is 15.3 Å². The lowest BCUT2D eigenvalue weighted by molar-refractivity contribution is 0.0951. The molecule has 0 fully saturated rings. The van der Waals surface area contributed by atoms with E-state index in [1.807, 2.05) is 30.3 Å². The highest BCUT2D eigenvalue weighted by atomic mass is 16.1. The number of aromatic amines is 1. The lowest BCUT2D eigenvalue weighted by Crippen LogP contribution is -2.22. The van der Waals surface area contributed by atoms with Crippen LogP contribution in [0.4, 0.5) is 5.69 Å². The second-order valence-electron chi connectivity index (χ2n) is 4.56. The summed E-state index contributed by atoms with van der Waals surface area (Å²) >= 11 is 0. The molecule has 0 atom stereocenters. The maximum atomic E-state index is 12.1. The predicted molar refractivity (Wildman–Crippen MR) is 78.1 cm³/mol. The molecule has 5 nitrogen and oxygen atoms in total. The fourth-order valence-electron chi connectivity index (χ4n) is 2.00. The summed E-state index contributed by atoms with van der Waals surface area (Å²) < 4.78 is 0. The zero-order chi connectivity index (χ0) is 13.9. The Morgan fingerprint density at radius 3 is 2.80 bits per heavy atom. The number of carbonyl (C=O) groups is 1. The van der Waals surface area contributed by atoms with E-state index in [4.69, 9.17) is 5.73 Å². The van der Waals surface area contributed by atoms with Crippen LogP contribution in [-0.2, 0) is 6.54 Å². The lowest BCUT2D eigenvalue weighted by atomic mass is 10.1. The van der Waals surface area contributed by atoms with Crippen molar-refractivity contribution in [2.24, 2.45) is 0 Å². The largest absolute Gasteiger partial charge is 0.399 e. The summed E-state index contributed by atoms with van der Waals surface area (Å²) in [6.07, 6.45) is 1.61. The van der Waals surface area contributed by atoms with Crippen molar-refractivity contribution in [2.45, 2.75) is 6.54 Å². The zero-order valence-electron chi connectivity index (χ0n) is 10.8. The number of nitrogens with zero attached hydrogens (tertiary/aromatic N) is 1. The SMILES string of the molecule is Nc1ccc(CNC(=O)c2ccc3nc[nH]c3c2)cc1. The van der Waals surface area contributed by atoms with E-state index in [9.17, 15) is 4.79 Å². The number of hydrogen-bond acceptors (Lipinski definition) is 3. The van der Waals surface area contributed by atoms with E-state index in [1.165, 1.54) is 0 Å². The number of nitrogens with one attached hydrogen (secondary N) is 2. The van der Waals surface area contributed by atoms with Gasteiger partial charge in [-0.15, -0.1) is 0 Å². The fraction of sp³-hybridized carbons (Fsp3) is 0.0667. The molecule has 0 aliphatic carbocycles. The number of benzene rings is 2. The Morgan fingerprint density at radius 2 is 2.00 bits per heavy atom. The highest BCUT2D eigenvalue weighted by Crippen LogP contribution is 2.12. The molecule has 3 aromatic rings. The molecule has 0 spiro atoms. The normalized spacial score (nSPS) is 10.6. The maximum Gasteiger partial charge on any atom is 0.251 e. The Hall–Kier alpha value is -2.82. The number of hydrogen-bond donors (Lipinski definition) is 3. The molecular formula is C15H14N4O. The molecule has 0 aliphatic heterocycles. The van der Waals surface area contributed by atoms with Gasteiger partial charge in [-0.05, 0) is 35.9 Å². The molecule has 3 rings (SSSR count). The number of aromatic nitrogens is 2. The number of amides is 1. The molecule has 0 unspecified atom stereocenters. The first-order chi connectivity index (χ1) is 9.72. The van der Waals surface area contributed by atoms with Crippen molar-refractivity contribution in [1.82, 2.24) is 15.3 Å². The number of nitrogens with two attached hydrogens (primary N) is 1. The Kier molecular flexibility index (Phi) is 3.09. The Labute approximate surface area is 115 Å². The summed E-state index contributed by atoms with van der Waals surface area (Å²) in [4.78, 5) is 19.2. The molecule has 20 heavy (non-hydrogen) atoms. The van der Waals surface area contributed by atoms with Gasteiger partial charge in [0, 0.05) is 17.8 Å². The monoisotopic (exact) mass is 266 g/mol. The van der Waals surface area contributed by atoms with Crippen LogP contribution >= 0.6 is 0 Å². The molecule has 1 amide bonds. The van der Waals surface area contributed by atoms with Crippen LogP contribution in [0.5, 0.6) is 0 Å². The number of rotatable bonds is 3. The Balaban J connectivity index is 1.70. The smallest absolute Gasteiger partial charge is 0.251 e. The molecule has 100 valence electrons. The van der Waals surface area contributed by atoms with Crippen molar-refractivity contribution in [3.63, 3.8) is 0 Å². The zero-order valence-corrected chi connectivity index (χ0v) is 10.8. The quantitative estimate of drug-likeness (QED) is 0.634. The van der Waals surface area contributed by atoms with Crippen molar-refractivity contribution in [3.05, 3.63) is 59.9 Å². The number of carbonyl (C=O) groups excluding carboxylic acids is 1. The molecular weight excluding hydrogens is 252 g/mol. The predicted octanol–water partition coefficient (Wildman–Crippen LogP) is 2.08. The average molecular weight is 266 g/mol. The van der Waals surface area contributed by atoms with Gasteiger partial charge < -0.3 is 16.0 Å². The van der Waals surface area contributed by atoms with Crippen LogP contribution in [0, 0.1) is 0 Å². The van der Waals surface area contributed by atoms with Crippen LogP contribution in [0.1, 0.15) is 15.9 Å². The minimum atomic E-state index is -0.113. The summed E-state index contributed by atoms with van der Waals surface area (Å²) in [5, 5.41) is 2.88. The van der Waals surface area contributed by atoms with Gasteiger partial charge in [0.25, 0.3) is 5.91 Å². The second kappa shape index (κ2) is 5.05. The van der Waals surface area contributed by atoms with Gasteiger partial charge in [0.2, 0.25) is 0 Å². The van der Waals surface area contributed by atoms with Crippen molar-refractivity contribution in [3.8, 4) is 0 Å². The average Bonchev–Trinajstić information content (AvgIpc) is 2.93. The first-order valence-electron chi connectivity index (χ1n) is 6.28. The molecule has 1 aromatic heterocycles. The van der Waals surface area contributed by atoms with Gasteiger partial charge in [0.1, 0.15) is 0 Å². The number of fused-ring (bicyclic) bond motifs is 1. The van der Waals surface area contributed by atoms with Crippen LogP contribution in [0.3, 0.4) is 0 Å². The summed E-state index contributed by atoms with van der Waals surface area (Å²) in [6, 6.07) is 12.8. The fourth-order valence-corrected chi connectivity index (χ4v) is 2.00. The number of nitrogen functional groups attached to an aromatic ring is 1. The van der Waals surface area contributed by atoms with E-state index < -0.39 is 0 Å². The third-order valence-corrected chi connectivity index (χ3v) is 3.12. The number of anilines is 1. The van der Waals surface area contributed by atoms with Gasteiger partial charge in [-0.25, -0.2) is 4.98 Å². The lowest BCUT2D eigenvalue weighted by Gasteiger charge is -2.06. The van der Waals surface area contributed by atoms with E-state index in [1.54, 1.807) is 18.5 Å². The molecule has 0 aliphatic rings. The van der Waals surface area contributed by atoms with Crippen molar-refractivity contribution >= 4 is 22.6 Å². The van der Waals surface area contributed by atoms with Crippen LogP contribution < -0.4 is 11.1 Å². The van der Waals surface area contributed by atoms with Gasteiger partial charge in [-0.3, -0.25) is 4.79 Å². The second-order valence-corrected chi connectivity index (χ2v) is 4.56. The van der Waals surface area contributed by atoms with E-state index in [0.717, 1.165) is 16.6 Å². The van der Waals surface area contributed by atoms with Crippen LogP contribution in [0.25, 0.3) is 11.0 Å². The van der Waals surface area contributed by atoms with Gasteiger partial charge in [0.05, 0.1) is 17.4 Å². The van der Waals surface area contributed by atoms with Crippen molar-refractivity contribution in [1.29, 1.82) is 0 Å². The number of H-pyrrole nitrogens is 1. The molecule has 2 aromatic carbocycles. The number of imidazole rings is 1. The molecule has 1 heterocycles. The molecule has 4 N–H and O–H groups in total. The summed E-state index contributed by atoms with van der Waals surface area (Å²) in [7, 11) is 0. The van der Waals surface area contributed by atoms with Crippen LogP contribution in [0.2, 0.25) is 0 Å². The molecule has 0 bridgehead atoms.